The molecule has 2 amide bonds. The maximum absolute atomic E-state index is 12.7. The number of nitrogens with zero attached hydrogens (tertiary/aromatic N) is 2. The molecule has 3 heterocycles. The van der Waals surface area contributed by atoms with E-state index in [1.54, 1.807) is 0 Å². The van der Waals surface area contributed by atoms with Crippen LogP contribution < -0.4 is 5.32 Å². The summed E-state index contributed by atoms with van der Waals surface area (Å²) in [5.41, 5.74) is -0.926. The van der Waals surface area contributed by atoms with E-state index in [9.17, 15) is 9.59 Å². The lowest BCUT2D eigenvalue weighted by Crippen LogP contribution is -2.57. The average molecular weight is 295 g/mol. The van der Waals surface area contributed by atoms with Gasteiger partial charge < -0.3 is 10.1 Å². The van der Waals surface area contributed by atoms with E-state index in [-0.39, 0.29) is 11.9 Å². The molecule has 3 aliphatic heterocycles. The molecule has 6 nitrogen and oxygen atoms in total. The summed E-state index contributed by atoms with van der Waals surface area (Å²) in [6.07, 6.45) is 3.30. The number of hydrogen-bond acceptors (Lipinski definition) is 5. The van der Waals surface area contributed by atoms with Crippen LogP contribution >= 0.6 is 0 Å². The highest BCUT2D eigenvalue weighted by molar-refractivity contribution is 6.03. The van der Waals surface area contributed by atoms with E-state index in [0.29, 0.717) is 19.0 Å². The molecule has 3 fully saturated rings. The molecule has 0 bridgehead atoms. The Morgan fingerprint density at radius 2 is 2.00 bits per heavy atom. The van der Waals surface area contributed by atoms with Crippen LogP contribution in [-0.4, -0.2) is 65.7 Å². The Kier molecular flexibility index (Phi) is 3.92. The summed E-state index contributed by atoms with van der Waals surface area (Å²) in [5, 5.41) is 3.37. The van der Waals surface area contributed by atoms with Gasteiger partial charge in [0.2, 0.25) is 5.60 Å². The van der Waals surface area contributed by atoms with Gasteiger partial charge in [-0.1, -0.05) is 0 Å². The van der Waals surface area contributed by atoms with Gasteiger partial charge in [-0.15, -0.1) is 0 Å². The van der Waals surface area contributed by atoms with Gasteiger partial charge in [-0.05, 0) is 59.2 Å². The van der Waals surface area contributed by atoms with Gasteiger partial charge in [-0.2, -0.15) is 0 Å². The van der Waals surface area contributed by atoms with Crippen molar-refractivity contribution in [1.82, 2.24) is 15.1 Å². The van der Waals surface area contributed by atoms with E-state index < -0.39 is 11.7 Å². The molecule has 3 aliphatic rings. The molecule has 0 aromatic carbocycles. The number of amides is 2. The number of likely N-dealkylation sites (tertiary alicyclic amines) is 1. The lowest BCUT2D eigenvalue weighted by molar-refractivity contribution is -0.143. The third kappa shape index (κ3) is 2.55. The molecule has 0 aliphatic carbocycles. The number of rotatable bonds is 2. The molecular weight excluding hydrogens is 270 g/mol. The first-order valence-corrected chi connectivity index (χ1v) is 8.05. The standard InChI is InChI=1S/C15H25N3O3/c1-11(2)18-13(19)15(21-14(18)20)6-3-9-17(10-15)12-4-7-16-8-5-12/h11-12,16H,3-10H2,1-2H3. The number of carbonyl (C=O) groups is 2. The van der Waals surface area contributed by atoms with Crippen molar-refractivity contribution in [2.24, 2.45) is 0 Å². The summed E-state index contributed by atoms with van der Waals surface area (Å²) in [6.45, 7) is 7.32. The van der Waals surface area contributed by atoms with Gasteiger partial charge in [0.25, 0.3) is 5.91 Å². The van der Waals surface area contributed by atoms with Crippen LogP contribution in [0.5, 0.6) is 0 Å². The molecule has 0 aromatic rings. The number of carbonyl (C=O) groups excluding carboxylic acids is 2. The third-order valence-corrected chi connectivity index (χ3v) is 4.91. The zero-order chi connectivity index (χ0) is 15.0. The maximum Gasteiger partial charge on any atom is 0.418 e. The highest BCUT2D eigenvalue weighted by atomic mass is 16.6. The topological polar surface area (TPSA) is 61.9 Å². The minimum absolute atomic E-state index is 0.138. The predicted octanol–water partition coefficient (Wildman–Crippen LogP) is 0.960. The molecule has 1 N–H and O–H groups in total. The summed E-state index contributed by atoms with van der Waals surface area (Å²) < 4.78 is 5.58. The Hall–Kier alpha value is -1.14. The molecule has 21 heavy (non-hydrogen) atoms. The van der Waals surface area contributed by atoms with E-state index in [1.165, 1.54) is 4.90 Å². The fraction of sp³-hybridized carbons (Fsp3) is 0.867. The van der Waals surface area contributed by atoms with Crippen molar-refractivity contribution in [1.29, 1.82) is 0 Å². The minimum atomic E-state index is -0.926. The van der Waals surface area contributed by atoms with Gasteiger partial charge >= 0.3 is 6.09 Å². The summed E-state index contributed by atoms with van der Waals surface area (Å²) >= 11 is 0. The molecule has 118 valence electrons. The van der Waals surface area contributed by atoms with Gasteiger partial charge in [0.05, 0.1) is 0 Å². The number of hydrogen-bond donors (Lipinski definition) is 1. The van der Waals surface area contributed by atoms with Crippen molar-refractivity contribution in [2.75, 3.05) is 26.2 Å². The van der Waals surface area contributed by atoms with Gasteiger partial charge in [0, 0.05) is 18.6 Å². The zero-order valence-corrected chi connectivity index (χ0v) is 12.9. The number of piperidine rings is 2. The first-order valence-electron chi connectivity index (χ1n) is 8.05. The number of ether oxygens (including phenoxy) is 1. The van der Waals surface area contributed by atoms with Gasteiger partial charge in [0.15, 0.2) is 0 Å². The van der Waals surface area contributed by atoms with Crippen LogP contribution in [-0.2, 0) is 9.53 Å². The first-order chi connectivity index (χ1) is 10.0. The summed E-state index contributed by atoms with van der Waals surface area (Å²) in [5.74, 6) is -0.138. The Bertz CT molecular complexity index is 434. The average Bonchev–Trinajstić information content (AvgIpc) is 2.70. The van der Waals surface area contributed by atoms with Crippen LogP contribution in [0.3, 0.4) is 0 Å². The van der Waals surface area contributed by atoms with E-state index in [1.807, 2.05) is 13.8 Å². The van der Waals surface area contributed by atoms with E-state index in [4.69, 9.17) is 4.74 Å². The van der Waals surface area contributed by atoms with Crippen molar-refractivity contribution in [3.63, 3.8) is 0 Å². The lowest BCUT2D eigenvalue weighted by atomic mass is 9.89. The Labute approximate surface area is 125 Å². The second kappa shape index (κ2) is 5.57. The summed E-state index contributed by atoms with van der Waals surface area (Å²) in [6, 6.07) is 0.363. The van der Waals surface area contributed by atoms with Crippen molar-refractivity contribution in [2.45, 2.75) is 57.2 Å². The van der Waals surface area contributed by atoms with Crippen molar-refractivity contribution in [3.8, 4) is 0 Å². The SMILES string of the molecule is CC(C)N1C(=O)OC2(CCCN(C3CCNCC3)C2)C1=O. The molecular formula is C15H25N3O3. The van der Waals surface area contributed by atoms with Crippen LogP contribution in [0, 0.1) is 0 Å². The lowest BCUT2D eigenvalue weighted by Gasteiger charge is -2.42. The molecule has 1 spiro atoms. The van der Waals surface area contributed by atoms with Crippen molar-refractivity contribution < 1.29 is 14.3 Å². The minimum Gasteiger partial charge on any atom is -0.431 e. The van der Waals surface area contributed by atoms with Crippen molar-refractivity contribution >= 4 is 12.0 Å². The van der Waals surface area contributed by atoms with Crippen LogP contribution in [0.4, 0.5) is 4.79 Å². The predicted molar refractivity (Wildman–Crippen MR) is 77.9 cm³/mol. The molecule has 1 unspecified atom stereocenters. The van der Waals surface area contributed by atoms with Crippen molar-refractivity contribution in [3.05, 3.63) is 0 Å². The van der Waals surface area contributed by atoms with Crippen LogP contribution in [0.2, 0.25) is 0 Å². The quantitative estimate of drug-likeness (QED) is 0.822. The smallest absolute Gasteiger partial charge is 0.418 e. The van der Waals surface area contributed by atoms with E-state index in [0.717, 1.165) is 38.9 Å². The molecule has 0 saturated carbocycles. The second-order valence-corrected chi connectivity index (χ2v) is 6.69. The summed E-state index contributed by atoms with van der Waals surface area (Å²) in [7, 11) is 0. The molecule has 0 aromatic heterocycles. The monoisotopic (exact) mass is 295 g/mol. The zero-order valence-electron chi connectivity index (χ0n) is 12.9. The highest BCUT2D eigenvalue weighted by Crippen LogP contribution is 2.35. The van der Waals surface area contributed by atoms with Gasteiger partial charge in [-0.3, -0.25) is 9.69 Å². The van der Waals surface area contributed by atoms with Gasteiger partial charge in [0.1, 0.15) is 0 Å². The Morgan fingerprint density at radius 3 is 2.62 bits per heavy atom. The molecule has 1 atom stereocenters. The fourth-order valence-electron chi connectivity index (χ4n) is 3.80. The Morgan fingerprint density at radius 1 is 1.29 bits per heavy atom. The van der Waals surface area contributed by atoms with Crippen LogP contribution in [0.1, 0.15) is 39.5 Å². The fourth-order valence-corrected chi connectivity index (χ4v) is 3.80. The van der Waals surface area contributed by atoms with E-state index in [2.05, 4.69) is 10.2 Å². The molecule has 6 heteroatoms. The van der Waals surface area contributed by atoms with Crippen LogP contribution in [0.25, 0.3) is 0 Å². The third-order valence-electron chi connectivity index (χ3n) is 4.91. The highest BCUT2D eigenvalue weighted by Gasteiger charge is 2.56. The van der Waals surface area contributed by atoms with Crippen LogP contribution in [0.15, 0.2) is 0 Å². The first kappa shape index (κ1) is 14.8. The van der Waals surface area contributed by atoms with E-state index >= 15 is 0 Å². The normalized spacial score (nSPS) is 32.2. The molecule has 0 radical (unpaired) electrons. The number of imide groups is 1. The Balaban J connectivity index is 1.75. The summed E-state index contributed by atoms with van der Waals surface area (Å²) in [4.78, 5) is 28.4. The maximum atomic E-state index is 12.7. The molecule has 3 rings (SSSR count). The molecule has 3 saturated heterocycles. The second-order valence-electron chi connectivity index (χ2n) is 6.69. The largest absolute Gasteiger partial charge is 0.431 e. The van der Waals surface area contributed by atoms with Gasteiger partial charge in [-0.25, -0.2) is 9.69 Å². The number of nitrogens with one attached hydrogen (secondary N) is 1.